The van der Waals surface area contributed by atoms with Crippen molar-refractivity contribution in [2.75, 3.05) is 6.61 Å². The lowest BCUT2D eigenvalue weighted by atomic mass is 9.76. The molecule has 3 N–H and O–H groups in total. The van der Waals surface area contributed by atoms with E-state index in [4.69, 9.17) is 15.5 Å². The average Bonchev–Trinajstić information content (AvgIpc) is 3.54. The maximum absolute atomic E-state index is 14.1. The van der Waals surface area contributed by atoms with Crippen molar-refractivity contribution in [3.8, 4) is 0 Å². The van der Waals surface area contributed by atoms with E-state index in [0.717, 1.165) is 19.8 Å². The first-order valence-corrected chi connectivity index (χ1v) is 14.7. The van der Waals surface area contributed by atoms with E-state index in [0.29, 0.717) is 22.6 Å². The summed E-state index contributed by atoms with van der Waals surface area (Å²) in [5.41, 5.74) is 7.94. The minimum absolute atomic E-state index is 0.0848. The molecule has 0 spiro atoms. The molecule has 15 heteroatoms. The highest BCUT2D eigenvalue weighted by Crippen LogP contribution is 2.45. The molecule has 10 nitrogen and oxygen atoms in total. The number of fused-ring (bicyclic) bond motifs is 1. The number of alkyl halides is 5. The number of imidazole rings is 1. The molecule has 0 radical (unpaired) electrons. The fourth-order valence-electron chi connectivity index (χ4n) is 5.82. The lowest BCUT2D eigenvalue weighted by Crippen LogP contribution is -2.36. The normalized spacial score (nSPS) is 19.7. The van der Waals surface area contributed by atoms with Crippen molar-refractivity contribution in [1.82, 2.24) is 29.7 Å². The van der Waals surface area contributed by atoms with Crippen LogP contribution in [0.2, 0.25) is 0 Å². The molecule has 3 atom stereocenters. The predicted octanol–water partition coefficient (Wildman–Crippen LogP) is 5.10. The van der Waals surface area contributed by atoms with E-state index in [9.17, 15) is 31.5 Å². The van der Waals surface area contributed by atoms with Crippen molar-refractivity contribution in [2.24, 2.45) is 17.6 Å². The number of halogens is 5. The molecule has 0 bridgehead atoms. The summed E-state index contributed by atoms with van der Waals surface area (Å²) < 4.78 is 74.4. The number of nitrogens with two attached hydrogens (primary N) is 1. The Bertz CT molecular complexity index is 1500. The van der Waals surface area contributed by atoms with E-state index in [1.165, 1.54) is 9.20 Å². The van der Waals surface area contributed by atoms with Gasteiger partial charge in [0.15, 0.2) is 11.8 Å². The van der Waals surface area contributed by atoms with Crippen LogP contribution in [0.3, 0.4) is 0 Å². The molecule has 2 amide bonds. The number of primary amides is 1. The van der Waals surface area contributed by atoms with Crippen molar-refractivity contribution in [3.05, 3.63) is 47.2 Å². The summed E-state index contributed by atoms with van der Waals surface area (Å²) in [6.45, 7) is 3.81. The Balaban J connectivity index is 1.44. The summed E-state index contributed by atoms with van der Waals surface area (Å²) in [5, 5.41) is 11.9. The van der Waals surface area contributed by atoms with Crippen LogP contribution in [0.5, 0.6) is 0 Å². The number of aromatic nitrogens is 5. The maximum atomic E-state index is 14.1. The van der Waals surface area contributed by atoms with Crippen LogP contribution in [-0.2, 0) is 9.53 Å². The number of ether oxygens (including phenoxy) is 1. The molecule has 5 rings (SSSR count). The first kappa shape index (κ1) is 31.8. The number of amides is 2. The van der Waals surface area contributed by atoms with Gasteiger partial charge in [0.1, 0.15) is 12.3 Å². The van der Waals surface area contributed by atoms with Crippen molar-refractivity contribution in [1.29, 1.82) is 0 Å². The van der Waals surface area contributed by atoms with Crippen molar-refractivity contribution < 1.29 is 36.3 Å². The molecule has 240 valence electrons. The van der Waals surface area contributed by atoms with Gasteiger partial charge >= 0.3 is 6.18 Å². The Morgan fingerprint density at radius 1 is 1.09 bits per heavy atom. The number of hydrogen-bond acceptors (Lipinski definition) is 6. The molecule has 0 unspecified atom stereocenters. The van der Waals surface area contributed by atoms with Gasteiger partial charge in [-0.05, 0) is 76.0 Å². The van der Waals surface area contributed by atoms with Gasteiger partial charge in [-0.25, -0.2) is 18.3 Å². The Labute approximate surface area is 250 Å². The molecule has 2 fully saturated rings. The molecule has 44 heavy (non-hydrogen) atoms. The number of hydrogen-bond donors (Lipinski definition) is 2. The molecule has 3 heterocycles. The van der Waals surface area contributed by atoms with Gasteiger partial charge in [-0.15, -0.1) is 0 Å². The second-order valence-electron chi connectivity index (χ2n) is 12.2. The zero-order chi connectivity index (χ0) is 32.0. The van der Waals surface area contributed by atoms with E-state index < -0.39 is 48.6 Å². The third kappa shape index (κ3) is 7.02. The van der Waals surface area contributed by atoms with E-state index in [2.05, 4.69) is 15.5 Å². The quantitative estimate of drug-likeness (QED) is 0.286. The Kier molecular flexibility index (Phi) is 8.71. The van der Waals surface area contributed by atoms with Crippen molar-refractivity contribution in [2.45, 2.75) is 95.5 Å². The van der Waals surface area contributed by atoms with Gasteiger partial charge in [0.05, 0.1) is 29.8 Å². The van der Waals surface area contributed by atoms with Crippen LogP contribution in [0.15, 0.2) is 24.5 Å². The molecule has 0 saturated heterocycles. The van der Waals surface area contributed by atoms with Crippen LogP contribution >= 0.6 is 0 Å². The van der Waals surface area contributed by atoms with E-state index in [1.54, 1.807) is 24.5 Å². The van der Waals surface area contributed by atoms with Gasteiger partial charge in [-0.2, -0.15) is 23.4 Å². The van der Waals surface area contributed by atoms with Crippen LogP contribution in [0.25, 0.3) is 5.65 Å². The van der Waals surface area contributed by atoms with E-state index in [-0.39, 0.29) is 49.3 Å². The highest BCUT2D eigenvalue weighted by molar-refractivity contribution is 5.91. The second-order valence-corrected chi connectivity index (χ2v) is 12.2. The third-order valence-electron chi connectivity index (χ3n) is 8.42. The lowest BCUT2D eigenvalue weighted by Gasteiger charge is -2.32. The highest BCUT2D eigenvalue weighted by atomic mass is 19.4. The average molecular weight is 626 g/mol. The predicted molar refractivity (Wildman–Crippen MR) is 148 cm³/mol. The number of rotatable bonds is 11. The maximum Gasteiger partial charge on any atom is 0.414 e. The largest absolute Gasteiger partial charge is 0.414 e. The van der Waals surface area contributed by atoms with Crippen molar-refractivity contribution >= 4 is 17.5 Å². The van der Waals surface area contributed by atoms with Gasteiger partial charge in [-0.3, -0.25) is 14.3 Å². The fraction of sp³-hybridized carbons (Fsp3) is 0.621. The fourth-order valence-corrected chi connectivity index (χ4v) is 5.82. The summed E-state index contributed by atoms with van der Waals surface area (Å²) in [5.74, 6) is -4.74. The molecular weight excluding hydrogens is 589 g/mol. The Hall–Kier alpha value is -3.62. The minimum Gasteiger partial charge on any atom is -0.364 e. The zero-order valence-corrected chi connectivity index (χ0v) is 24.7. The zero-order valence-electron chi connectivity index (χ0n) is 24.7. The van der Waals surface area contributed by atoms with Crippen LogP contribution < -0.4 is 11.1 Å². The molecule has 2 aliphatic carbocycles. The standard InChI is InChI=1S/C29H36F5N7O3/c1-15(2)41-22(27(35)43)11-20(39-41)25(17-6-8-28(30,31)9-7-17)21-13-40-23(37-21)10-19(12-36-40)26(18-4-5-18)38-24(42)14-44-16(3)29(32,33)34/h10-13,15-18,25-26H,4-9,14H2,1-3H3,(H2,35,43)(H,38,42)/t16-,25-,26-/m1/s1. The summed E-state index contributed by atoms with van der Waals surface area (Å²) in [4.78, 5) is 29.5. The van der Waals surface area contributed by atoms with Gasteiger partial charge in [0.2, 0.25) is 11.8 Å². The first-order valence-electron chi connectivity index (χ1n) is 14.7. The summed E-state index contributed by atoms with van der Waals surface area (Å²) in [6, 6.07) is 2.67. The molecular formula is C29H36F5N7O3. The van der Waals surface area contributed by atoms with Gasteiger partial charge < -0.3 is 15.8 Å². The second kappa shape index (κ2) is 12.1. The van der Waals surface area contributed by atoms with E-state index in [1.807, 2.05) is 13.8 Å². The highest BCUT2D eigenvalue weighted by Gasteiger charge is 2.41. The monoisotopic (exact) mass is 625 g/mol. The topological polar surface area (TPSA) is 129 Å². The van der Waals surface area contributed by atoms with Crippen LogP contribution in [0.1, 0.15) is 105 Å². The van der Waals surface area contributed by atoms with Gasteiger partial charge in [-0.1, -0.05) is 0 Å². The first-order chi connectivity index (χ1) is 20.6. The Morgan fingerprint density at radius 2 is 1.77 bits per heavy atom. The molecule has 3 aromatic heterocycles. The molecule has 2 saturated carbocycles. The lowest BCUT2D eigenvalue weighted by molar-refractivity contribution is -0.213. The smallest absolute Gasteiger partial charge is 0.364 e. The van der Waals surface area contributed by atoms with Crippen LogP contribution in [0, 0.1) is 11.8 Å². The van der Waals surface area contributed by atoms with E-state index >= 15 is 0 Å². The molecule has 2 aliphatic rings. The number of nitrogens with one attached hydrogen (secondary N) is 1. The molecule has 0 aliphatic heterocycles. The van der Waals surface area contributed by atoms with Crippen LogP contribution in [-0.4, -0.2) is 61.0 Å². The number of nitrogens with zero attached hydrogens (tertiary/aromatic N) is 5. The van der Waals surface area contributed by atoms with Gasteiger partial charge in [0.25, 0.3) is 5.91 Å². The van der Waals surface area contributed by atoms with Crippen LogP contribution in [0.4, 0.5) is 22.0 Å². The number of carbonyl (C=O) groups is 2. The minimum atomic E-state index is -4.58. The SMILES string of the molecule is CC(C)n1nc([C@H](c2cn3ncc([C@H](NC(=O)CO[C@H](C)C(F)(F)F)C4CC4)cc3n2)C2CCC(F)(F)CC2)cc1C(N)=O. The summed E-state index contributed by atoms with van der Waals surface area (Å²) in [7, 11) is 0. The molecule has 0 aromatic carbocycles. The van der Waals surface area contributed by atoms with Gasteiger partial charge in [0, 0.05) is 24.8 Å². The number of carbonyl (C=O) groups excluding carboxylic acids is 2. The summed E-state index contributed by atoms with van der Waals surface area (Å²) in [6.07, 6.45) is -1.82. The molecule has 3 aromatic rings. The Morgan fingerprint density at radius 3 is 2.34 bits per heavy atom. The summed E-state index contributed by atoms with van der Waals surface area (Å²) >= 11 is 0. The van der Waals surface area contributed by atoms with Crippen molar-refractivity contribution in [3.63, 3.8) is 0 Å². The third-order valence-corrected chi connectivity index (χ3v) is 8.42.